The fraction of sp³-hybridized carbons (Fsp3) is 0.462. The third-order valence-electron chi connectivity index (χ3n) is 3.59. The van der Waals surface area contributed by atoms with Gasteiger partial charge in [0, 0.05) is 12.7 Å². The molecule has 2 rings (SSSR count). The summed E-state index contributed by atoms with van der Waals surface area (Å²) in [6, 6.07) is 1.80. The van der Waals surface area contributed by atoms with Gasteiger partial charge in [0.1, 0.15) is 11.9 Å². The van der Waals surface area contributed by atoms with Crippen molar-refractivity contribution in [3.8, 4) is 0 Å². The van der Waals surface area contributed by atoms with Crippen LogP contribution in [0.2, 0.25) is 0 Å². The average molecular weight is 286 g/mol. The quantitative estimate of drug-likeness (QED) is 0.875. The van der Waals surface area contributed by atoms with Gasteiger partial charge in [0.05, 0.1) is 11.4 Å². The zero-order chi connectivity index (χ0) is 15.1. The van der Waals surface area contributed by atoms with Gasteiger partial charge in [-0.3, -0.25) is 0 Å². The first-order valence-electron chi connectivity index (χ1n) is 6.14. The Morgan fingerprint density at radius 2 is 2.10 bits per heavy atom. The topological polar surface area (TPSA) is 54.2 Å². The Morgan fingerprint density at radius 3 is 2.60 bits per heavy atom. The molecule has 20 heavy (non-hydrogen) atoms. The lowest BCUT2D eigenvalue weighted by molar-refractivity contribution is -0.150. The molecule has 1 aromatic heterocycles. The highest BCUT2D eigenvalue weighted by Crippen LogP contribution is 2.36. The summed E-state index contributed by atoms with van der Waals surface area (Å²) >= 11 is 0. The van der Waals surface area contributed by atoms with Crippen LogP contribution in [0.1, 0.15) is 19.4 Å². The van der Waals surface area contributed by atoms with Gasteiger partial charge < -0.3 is 16.0 Å². The summed E-state index contributed by atoms with van der Waals surface area (Å²) in [5.41, 5.74) is 5.76. The van der Waals surface area contributed by atoms with E-state index in [0.717, 1.165) is 5.56 Å². The first-order valence-corrected chi connectivity index (χ1v) is 6.14. The van der Waals surface area contributed by atoms with Crippen molar-refractivity contribution in [1.82, 2.24) is 15.2 Å². The van der Waals surface area contributed by atoms with E-state index in [1.807, 2.05) is 13.8 Å². The monoisotopic (exact) mass is 286 g/mol. The van der Waals surface area contributed by atoms with Gasteiger partial charge in [-0.25, -0.2) is 4.98 Å². The summed E-state index contributed by atoms with van der Waals surface area (Å²) in [5.74, 6) is 0.591. The van der Waals surface area contributed by atoms with Crippen LogP contribution in [0.15, 0.2) is 30.7 Å². The molecule has 4 nitrogen and oxygen atoms in total. The number of nitrogens with two attached hydrogens (primary N) is 1. The van der Waals surface area contributed by atoms with Crippen molar-refractivity contribution >= 4 is 5.82 Å². The average Bonchev–Trinajstić information content (AvgIpc) is 2.72. The number of nitrogen functional groups attached to an aromatic ring is 1. The second-order valence-corrected chi connectivity index (χ2v) is 5.32. The van der Waals surface area contributed by atoms with Crippen molar-refractivity contribution < 1.29 is 13.2 Å². The van der Waals surface area contributed by atoms with Crippen LogP contribution in [0.3, 0.4) is 0 Å². The number of nitrogens with zero attached hydrogens (tertiary/aromatic N) is 2. The fourth-order valence-corrected chi connectivity index (χ4v) is 2.35. The van der Waals surface area contributed by atoms with Crippen molar-refractivity contribution in [3.05, 3.63) is 36.3 Å². The highest BCUT2D eigenvalue weighted by molar-refractivity contribution is 5.36. The molecule has 0 bridgehead atoms. The first kappa shape index (κ1) is 14.5. The van der Waals surface area contributed by atoms with Crippen molar-refractivity contribution in [2.24, 2.45) is 0 Å². The Bertz CT molecular complexity index is 525. The van der Waals surface area contributed by atoms with E-state index in [-0.39, 0.29) is 12.4 Å². The normalized spacial score (nSPS) is 20.1. The maximum absolute atomic E-state index is 12.8. The Labute approximate surface area is 115 Å². The third kappa shape index (κ3) is 2.52. The molecule has 0 spiro atoms. The molecule has 0 aliphatic carbocycles. The summed E-state index contributed by atoms with van der Waals surface area (Å²) in [6.45, 7) is 7.15. The van der Waals surface area contributed by atoms with E-state index in [1.54, 1.807) is 23.2 Å². The minimum atomic E-state index is -4.30. The van der Waals surface area contributed by atoms with Crippen molar-refractivity contribution in [1.29, 1.82) is 0 Å². The second-order valence-electron chi connectivity index (χ2n) is 5.32. The lowest BCUT2D eigenvalue weighted by atomic mass is 9.93. The number of alkyl halides is 3. The molecule has 0 amide bonds. The summed E-state index contributed by atoms with van der Waals surface area (Å²) in [5, 5.41) is 2.39. The number of hydrogen-bond donors (Lipinski definition) is 2. The highest BCUT2D eigenvalue weighted by Gasteiger charge is 2.48. The number of halogens is 3. The highest BCUT2D eigenvalue weighted by atomic mass is 19.4. The number of aromatic nitrogens is 1. The molecular formula is C13H17F3N4. The molecule has 1 aliphatic rings. The van der Waals surface area contributed by atoms with Gasteiger partial charge in [0.2, 0.25) is 0 Å². The predicted octanol–water partition coefficient (Wildman–Crippen LogP) is 2.21. The molecule has 1 unspecified atom stereocenters. The molecule has 1 fully saturated rings. The maximum Gasteiger partial charge on any atom is 0.410 e. The number of pyridine rings is 1. The van der Waals surface area contributed by atoms with E-state index in [0.29, 0.717) is 5.82 Å². The van der Waals surface area contributed by atoms with Crippen molar-refractivity contribution in [2.45, 2.75) is 31.6 Å². The molecule has 1 aliphatic heterocycles. The number of anilines is 1. The van der Waals surface area contributed by atoms with Gasteiger partial charge in [-0.2, -0.15) is 13.2 Å². The standard InChI is InChI=1S/C13H17F3N4/c1-8-19-10(13(14,15)16)7-20(8)12(2,3)9-4-5-18-11(17)6-9/h4-6,10,19H,1,7H2,2-3H3,(H2,17,18). The molecular weight excluding hydrogens is 269 g/mol. The van der Waals surface area contributed by atoms with Crippen LogP contribution in [-0.2, 0) is 5.54 Å². The second kappa shape index (κ2) is 4.57. The molecule has 110 valence electrons. The molecule has 0 aromatic carbocycles. The Hall–Kier alpha value is -1.92. The van der Waals surface area contributed by atoms with Gasteiger partial charge >= 0.3 is 6.18 Å². The number of rotatable bonds is 2. The summed E-state index contributed by atoms with van der Waals surface area (Å²) < 4.78 is 38.4. The summed E-state index contributed by atoms with van der Waals surface area (Å²) in [7, 11) is 0. The maximum atomic E-state index is 12.8. The first-order chi connectivity index (χ1) is 9.12. The predicted molar refractivity (Wildman–Crippen MR) is 70.5 cm³/mol. The van der Waals surface area contributed by atoms with Gasteiger partial charge in [-0.05, 0) is 31.5 Å². The SMILES string of the molecule is C=C1NC(C(F)(F)F)CN1C(C)(C)c1ccnc(N)c1. The molecule has 1 aromatic rings. The van der Waals surface area contributed by atoms with E-state index >= 15 is 0 Å². The smallest absolute Gasteiger partial charge is 0.384 e. The molecule has 1 atom stereocenters. The van der Waals surface area contributed by atoms with Crippen LogP contribution >= 0.6 is 0 Å². The van der Waals surface area contributed by atoms with Crippen molar-refractivity contribution in [2.75, 3.05) is 12.3 Å². The summed E-state index contributed by atoms with van der Waals surface area (Å²) in [6.07, 6.45) is -2.76. The van der Waals surface area contributed by atoms with E-state index in [9.17, 15) is 13.2 Å². The van der Waals surface area contributed by atoms with Gasteiger partial charge in [-0.15, -0.1) is 0 Å². The van der Waals surface area contributed by atoms with E-state index in [4.69, 9.17) is 5.73 Å². The van der Waals surface area contributed by atoms with E-state index < -0.39 is 17.8 Å². The third-order valence-corrected chi connectivity index (χ3v) is 3.59. The van der Waals surface area contributed by atoms with Crippen LogP contribution < -0.4 is 11.1 Å². The number of nitrogens with one attached hydrogen (secondary N) is 1. The Morgan fingerprint density at radius 1 is 1.45 bits per heavy atom. The molecule has 1 saturated heterocycles. The lowest BCUT2D eigenvalue weighted by Crippen LogP contribution is -2.42. The van der Waals surface area contributed by atoms with Gasteiger partial charge in [-0.1, -0.05) is 6.58 Å². The van der Waals surface area contributed by atoms with Crippen molar-refractivity contribution in [3.63, 3.8) is 0 Å². The zero-order valence-corrected chi connectivity index (χ0v) is 11.3. The minimum Gasteiger partial charge on any atom is -0.384 e. The molecule has 7 heteroatoms. The molecule has 0 radical (unpaired) electrons. The van der Waals surface area contributed by atoms with E-state index in [1.165, 1.54) is 0 Å². The van der Waals surface area contributed by atoms with E-state index in [2.05, 4.69) is 16.9 Å². The zero-order valence-electron chi connectivity index (χ0n) is 11.3. The number of hydrogen-bond acceptors (Lipinski definition) is 4. The molecule has 3 N–H and O–H groups in total. The van der Waals surface area contributed by atoms with Crippen LogP contribution in [-0.4, -0.2) is 28.6 Å². The van der Waals surface area contributed by atoms with Crippen LogP contribution in [0.4, 0.5) is 19.0 Å². The Balaban J connectivity index is 2.29. The largest absolute Gasteiger partial charge is 0.410 e. The summed E-state index contributed by atoms with van der Waals surface area (Å²) in [4.78, 5) is 5.49. The lowest BCUT2D eigenvalue weighted by Gasteiger charge is -2.37. The van der Waals surface area contributed by atoms with Gasteiger partial charge in [0.15, 0.2) is 0 Å². The van der Waals surface area contributed by atoms with Crippen LogP contribution in [0.5, 0.6) is 0 Å². The van der Waals surface area contributed by atoms with Crippen LogP contribution in [0, 0.1) is 0 Å². The molecule has 0 saturated carbocycles. The van der Waals surface area contributed by atoms with Gasteiger partial charge in [0.25, 0.3) is 0 Å². The Kier molecular flexibility index (Phi) is 3.31. The molecule has 2 heterocycles. The van der Waals surface area contributed by atoms with Crippen LogP contribution in [0.25, 0.3) is 0 Å². The minimum absolute atomic E-state index is 0.183. The fourth-order valence-electron chi connectivity index (χ4n) is 2.35.